The standard InChI is InChI=1S/C15H17F3N2/c1-9-5-4-6-11-12(10(2)8-19-3)7-13(15(16,17)18)20-14(9)11/h4-7,10,19H,8H2,1-3H3. The molecule has 1 aromatic carbocycles. The summed E-state index contributed by atoms with van der Waals surface area (Å²) in [6, 6.07) is 6.63. The number of rotatable bonds is 3. The van der Waals surface area contributed by atoms with Crippen molar-refractivity contribution in [3.8, 4) is 0 Å². The monoisotopic (exact) mass is 282 g/mol. The topological polar surface area (TPSA) is 24.9 Å². The summed E-state index contributed by atoms with van der Waals surface area (Å²) in [6.45, 7) is 4.31. The van der Waals surface area contributed by atoms with Crippen molar-refractivity contribution in [3.05, 3.63) is 41.1 Å². The van der Waals surface area contributed by atoms with Crippen LogP contribution in [0.3, 0.4) is 0 Å². The average Bonchev–Trinajstić information content (AvgIpc) is 2.37. The first-order valence-electron chi connectivity index (χ1n) is 6.46. The van der Waals surface area contributed by atoms with E-state index in [-0.39, 0.29) is 5.92 Å². The number of fused-ring (bicyclic) bond motifs is 1. The Morgan fingerprint density at radius 3 is 2.60 bits per heavy atom. The lowest BCUT2D eigenvalue weighted by atomic mass is 9.95. The maximum Gasteiger partial charge on any atom is 0.433 e. The Morgan fingerprint density at radius 1 is 1.30 bits per heavy atom. The number of nitrogens with one attached hydrogen (secondary N) is 1. The minimum Gasteiger partial charge on any atom is -0.319 e. The smallest absolute Gasteiger partial charge is 0.319 e. The number of alkyl halides is 3. The molecule has 2 rings (SSSR count). The van der Waals surface area contributed by atoms with Gasteiger partial charge in [0.25, 0.3) is 0 Å². The van der Waals surface area contributed by atoms with Crippen LogP contribution in [0.15, 0.2) is 24.3 Å². The minimum atomic E-state index is -4.43. The number of para-hydroxylation sites is 1. The maximum absolute atomic E-state index is 13.0. The van der Waals surface area contributed by atoms with Gasteiger partial charge in [0.2, 0.25) is 0 Å². The van der Waals surface area contributed by atoms with E-state index >= 15 is 0 Å². The number of nitrogens with zero attached hydrogens (tertiary/aromatic N) is 1. The van der Waals surface area contributed by atoms with Gasteiger partial charge in [0.1, 0.15) is 5.69 Å². The minimum absolute atomic E-state index is 0.0200. The predicted molar refractivity (Wildman–Crippen MR) is 73.8 cm³/mol. The van der Waals surface area contributed by atoms with Crippen molar-refractivity contribution < 1.29 is 13.2 Å². The number of aryl methyl sites for hydroxylation is 1. The second-order valence-electron chi connectivity index (χ2n) is 5.02. The molecule has 108 valence electrons. The van der Waals surface area contributed by atoms with Crippen molar-refractivity contribution in [1.29, 1.82) is 0 Å². The molecule has 0 spiro atoms. The highest BCUT2D eigenvalue weighted by Crippen LogP contribution is 2.34. The summed E-state index contributed by atoms with van der Waals surface area (Å²) in [7, 11) is 1.79. The molecule has 20 heavy (non-hydrogen) atoms. The predicted octanol–water partition coefficient (Wildman–Crippen LogP) is 3.88. The SMILES string of the molecule is CNCC(C)c1cc(C(F)(F)F)nc2c(C)cccc12. The third-order valence-electron chi connectivity index (χ3n) is 3.40. The van der Waals surface area contributed by atoms with Crippen molar-refractivity contribution in [2.75, 3.05) is 13.6 Å². The van der Waals surface area contributed by atoms with Crippen LogP contribution in [-0.4, -0.2) is 18.6 Å². The Bertz CT molecular complexity index is 620. The van der Waals surface area contributed by atoms with Crippen molar-refractivity contribution in [2.24, 2.45) is 0 Å². The lowest BCUT2D eigenvalue weighted by molar-refractivity contribution is -0.141. The van der Waals surface area contributed by atoms with Crippen LogP contribution in [0.2, 0.25) is 0 Å². The molecule has 0 radical (unpaired) electrons. The Kier molecular flexibility index (Phi) is 3.99. The largest absolute Gasteiger partial charge is 0.433 e. The fourth-order valence-electron chi connectivity index (χ4n) is 2.39. The van der Waals surface area contributed by atoms with E-state index in [9.17, 15) is 13.2 Å². The molecule has 1 heterocycles. The van der Waals surface area contributed by atoms with Gasteiger partial charge in [0, 0.05) is 11.9 Å². The highest BCUT2D eigenvalue weighted by atomic mass is 19.4. The van der Waals surface area contributed by atoms with Crippen molar-refractivity contribution in [2.45, 2.75) is 25.9 Å². The molecule has 2 nitrogen and oxygen atoms in total. The quantitative estimate of drug-likeness (QED) is 0.924. The first kappa shape index (κ1) is 14.8. The van der Waals surface area contributed by atoms with Crippen LogP contribution in [0, 0.1) is 6.92 Å². The fraction of sp³-hybridized carbons (Fsp3) is 0.400. The average molecular weight is 282 g/mol. The molecule has 0 aliphatic heterocycles. The molecule has 0 amide bonds. The van der Waals surface area contributed by atoms with Crippen molar-refractivity contribution >= 4 is 10.9 Å². The van der Waals surface area contributed by atoms with Crippen molar-refractivity contribution in [3.63, 3.8) is 0 Å². The molecule has 1 atom stereocenters. The number of aromatic nitrogens is 1. The van der Waals surface area contributed by atoms with Gasteiger partial charge in [-0.1, -0.05) is 25.1 Å². The molecule has 1 aromatic heterocycles. The Hall–Kier alpha value is -1.62. The molecule has 0 fully saturated rings. The molecule has 5 heteroatoms. The third-order valence-corrected chi connectivity index (χ3v) is 3.40. The van der Waals surface area contributed by atoms with Crippen LogP contribution in [0.25, 0.3) is 10.9 Å². The molecule has 1 unspecified atom stereocenters. The zero-order valence-electron chi connectivity index (χ0n) is 11.7. The summed E-state index contributed by atoms with van der Waals surface area (Å²) in [5.74, 6) is -0.0200. The van der Waals surface area contributed by atoms with E-state index in [1.165, 1.54) is 6.07 Å². The molecule has 2 aromatic rings. The molecular weight excluding hydrogens is 265 g/mol. The van der Waals surface area contributed by atoms with E-state index < -0.39 is 11.9 Å². The van der Waals surface area contributed by atoms with Crippen LogP contribution in [-0.2, 0) is 6.18 Å². The number of benzene rings is 1. The van der Waals surface area contributed by atoms with Crippen LogP contribution in [0.1, 0.15) is 29.7 Å². The van der Waals surface area contributed by atoms with Gasteiger partial charge < -0.3 is 5.32 Å². The zero-order valence-corrected chi connectivity index (χ0v) is 11.7. The first-order chi connectivity index (χ1) is 9.34. The first-order valence-corrected chi connectivity index (χ1v) is 6.46. The summed E-state index contributed by atoms with van der Waals surface area (Å²) in [5.41, 5.74) is 1.05. The summed E-state index contributed by atoms with van der Waals surface area (Å²) in [6.07, 6.45) is -4.43. The lowest BCUT2D eigenvalue weighted by Crippen LogP contribution is -2.17. The number of hydrogen-bond donors (Lipinski definition) is 1. The fourth-order valence-corrected chi connectivity index (χ4v) is 2.39. The van der Waals surface area contributed by atoms with Gasteiger partial charge in [-0.15, -0.1) is 0 Å². The van der Waals surface area contributed by atoms with Crippen LogP contribution >= 0.6 is 0 Å². The van der Waals surface area contributed by atoms with E-state index in [0.29, 0.717) is 17.6 Å². The highest BCUT2D eigenvalue weighted by molar-refractivity contribution is 5.85. The molecule has 0 saturated carbocycles. The Balaban J connectivity index is 2.73. The number of halogens is 3. The van der Waals surface area contributed by atoms with E-state index in [1.807, 2.05) is 19.1 Å². The second-order valence-corrected chi connectivity index (χ2v) is 5.02. The van der Waals surface area contributed by atoms with Gasteiger partial charge in [0.15, 0.2) is 0 Å². The van der Waals surface area contributed by atoms with Crippen LogP contribution in [0.5, 0.6) is 0 Å². The number of pyridine rings is 1. The second kappa shape index (κ2) is 5.40. The summed E-state index contributed by atoms with van der Waals surface area (Å²) < 4.78 is 39.0. The van der Waals surface area contributed by atoms with Gasteiger partial charge in [-0.25, -0.2) is 4.98 Å². The Labute approximate surface area is 116 Å². The molecule has 0 saturated heterocycles. The number of likely N-dealkylation sites (N-methyl/N-ethyl adjacent to an activating group) is 1. The zero-order chi connectivity index (χ0) is 14.9. The van der Waals surface area contributed by atoms with Crippen LogP contribution in [0.4, 0.5) is 13.2 Å². The van der Waals surface area contributed by atoms with E-state index in [0.717, 1.165) is 10.9 Å². The summed E-state index contributed by atoms with van der Waals surface area (Å²) in [5, 5.41) is 3.79. The molecular formula is C15H17F3N2. The summed E-state index contributed by atoms with van der Waals surface area (Å²) in [4.78, 5) is 3.80. The third kappa shape index (κ3) is 2.77. The highest BCUT2D eigenvalue weighted by Gasteiger charge is 2.33. The normalized spacial score (nSPS) is 13.7. The van der Waals surface area contributed by atoms with Gasteiger partial charge in [-0.05, 0) is 37.1 Å². The van der Waals surface area contributed by atoms with E-state index in [4.69, 9.17) is 0 Å². The van der Waals surface area contributed by atoms with Gasteiger partial charge in [-0.3, -0.25) is 0 Å². The van der Waals surface area contributed by atoms with E-state index in [1.54, 1.807) is 20.0 Å². The van der Waals surface area contributed by atoms with Crippen molar-refractivity contribution in [1.82, 2.24) is 10.3 Å². The molecule has 0 aliphatic carbocycles. The van der Waals surface area contributed by atoms with E-state index in [2.05, 4.69) is 10.3 Å². The molecule has 0 bridgehead atoms. The lowest BCUT2D eigenvalue weighted by Gasteiger charge is -2.17. The van der Waals surface area contributed by atoms with Crippen LogP contribution < -0.4 is 5.32 Å². The molecule has 0 aliphatic rings. The Morgan fingerprint density at radius 2 is 2.00 bits per heavy atom. The molecule has 1 N–H and O–H groups in total. The van der Waals surface area contributed by atoms with Gasteiger partial charge in [-0.2, -0.15) is 13.2 Å². The summed E-state index contributed by atoms with van der Waals surface area (Å²) >= 11 is 0. The van der Waals surface area contributed by atoms with Gasteiger partial charge in [0.05, 0.1) is 5.52 Å². The van der Waals surface area contributed by atoms with Gasteiger partial charge >= 0.3 is 6.18 Å². The number of hydrogen-bond acceptors (Lipinski definition) is 2. The maximum atomic E-state index is 13.0.